The third-order valence-corrected chi connectivity index (χ3v) is 9.65. The van der Waals surface area contributed by atoms with E-state index in [1.54, 1.807) is 0 Å². The van der Waals surface area contributed by atoms with E-state index >= 15 is 0 Å². The van der Waals surface area contributed by atoms with Crippen LogP contribution in [0.15, 0.2) is 12.2 Å². The van der Waals surface area contributed by atoms with Crippen LogP contribution in [-0.2, 0) is 19.1 Å². The average molecular weight is 417 g/mol. The Balaban J connectivity index is 1.69. The third kappa shape index (κ3) is 2.99. The minimum Gasteiger partial charge on any atom is -0.469 e. The van der Waals surface area contributed by atoms with E-state index in [-0.39, 0.29) is 28.9 Å². The second-order valence-corrected chi connectivity index (χ2v) is 11.7. The van der Waals surface area contributed by atoms with Crippen LogP contribution in [0.4, 0.5) is 0 Å². The zero-order chi connectivity index (χ0) is 21.9. The monoisotopic (exact) mass is 416 g/mol. The molecule has 7 unspecified atom stereocenters. The lowest BCUT2D eigenvalue weighted by Crippen LogP contribution is -2.60. The fourth-order valence-corrected chi connectivity index (χ4v) is 8.52. The molecule has 4 fully saturated rings. The molecule has 4 rings (SSSR count). The number of rotatable bonds is 4. The van der Waals surface area contributed by atoms with Crippen molar-refractivity contribution in [3.63, 3.8) is 0 Å². The molecule has 4 aliphatic carbocycles. The first kappa shape index (κ1) is 21.9. The first-order valence-corrected chi connectivity index (χ1v) is 12.0. The Kier molecular flexibility index (Phi) is 5.38. The van der Waals surface area contributed by atoms with Gasteiger partial charge in [0.1, 0.15) is 6.10 Å². The SMILES string of the molecule is C=C1C2CCC3C4(C)CCCC(C)(C(=O)OC)C4CCC3(C2)C1OC(=O)CC(C)C. The van der Waals surface area contributed by atoms with Gasteiger partial charge in [0.25, 0.3) is 0 Å². The van der Waals surface area contributed by atoms with Crippen LogP contribution >= 0.6 is 0 Å². The molecule has 4 nitrogen and oxygen atoms in total. The fourth-order valence-electron chi connectivity index (χ4n) is 8.52. The summed E-state index contributed by atoms with van der Waals surface area (Å²) in [6.07, 6.45) is 8.90. The molecule has 30 heavy (non-hydrogen) atoms. The summed E-state index contributed by atoms with van der Waals surface area (Å²) in [5.41, 5.74) is 0.840. The number of methoxy groups -OCH3 is 1. The first-order chi connectivity index (χ1) is 14.1. The largest absolute Gasteiger partial charge is 0.469 e. The van der Waals surface area contributed by atoms with E-state index in [1.165, 1.54) is 7.11 Å². The summed E-state index contributed by atoms with van der Waals surface area (Å²) in [6.45, 7) is 13.1. The van der Waals surface area contributed by atoms with E-state index in [0.717, 1.165) is 56.9 Å². The van der Waals surface area contributed by atoms with Crippen molar-refractivity contribution in [2.24, 2.45) is 39.9 Å². The van der Waals surface area contributed by atoms with Gasteiger partial charge in [-0.15, -0.1) is 0 Å². The van der Waals surface area contributed by atoms with Crippen molar-refractivity contribution >= 4 is 11.9 Å². The average Bonchev–Trinajstić information content (AvgIpc) is 2.86. The van der Waals surface area contributed by atoms with Crippen LogP contribution in [0.3, 0.4) is 0 Å². The number of hydrogen-bond donors (Lipinski definition) is 0. The van der Waals surface area contributed by atoms with Crippen molar-refractivity contribution < 1.29 is 19.1 Å². The second-order valence-electron chi connectivity index (χ2n) is 11.7. The Morgan fingerprint density at radius 3 is 2.50 bits per heavy atom. The summed E-state index contributed by atoms with van der Waals surface area (Å²) in [5.74, 6) is 1.46. The lowest BCUT2D eigenvalue weighted by atomic mass is 9.40. The number of hydrogen-bond acceptors (Lipinski definition) is 4. The minimum atomic E-state index is -0.403. The molecule has 4 saturated carbocycles. The smallest absolute Gasteiger partial charge is 0.311 e. The van der Waals surface area contributed by atoms with Gasteiger partial charge in [0.15, 0.2) is 0 Å². The Morgan fingerprint density at radius 2 is 1.83 bits per heavy atom. The molecule has 0 amide bonds. The summed E-state index contributed by atoms with van der Waals surface area (Å²) < 4.78 is 11.5. The molecule has 168 valence electrons. The van der Waals surface area contributed by atoms with Crippen molar-refractivity contribution in [1.29, 1.82) is 0 Å². The Labute approximate surface area is 182 Å². The van der Waals surface area contributed by atoms with Gasteiger partial charge in [-0.1, -0.05) is 33.8 Å². The number of carbonyl (C=O) groups excluding carboxylic acids is 2. The van der Waals surface area contributed by atoms with Crippen LogP contribution in [0, 0.1) is 39.9 Å². The van der Waals surface area contributed by atoms with E-state index in [9.17, 15) is 9.59 Å². The van der Waals surface area contributed by atoms with Gasteiger partial charge in [-0.25, -0.2) is 0 Å². The Morgan fingerprint density at radius 1 is 1.10 bits per heavy atom. The molecule has 2 bridgehead atoms. The molecule has 0 aliphatic heterocycles. The standard InChI is InChI=1S/C26H40O4/c1-16(2)14-21(27)30-22-17(3)18-8-9-20-24(4)11-7-12-25(5,23(28)29-6)19(24)10-13-26(20,22)15-18/h16,18-20,22H,3,7-15H2,1-2,4-6H3. The Hall–Kier alpha value is -1.32. The summed E-state index contributed by atoms with van der Waals surface area (Å²) in [6, 6.07) is 0. The van der Waals surface area contributed by atoms with Crippen LogP contribution in [0.25, 0.3) is 0 Å². The zero-order valence-corrected chi connectivity index (χ0v) is 19.6. The van der Waals surface area contributed by atoms with Gasteiger partial charge in [-0.05, 0) is 86.5 Å². The predicted octanol–water partition coefficient (Wildman–Crippen LogP) is 5.70. The highest BCUT2D eigenvalue weighted by atomic mass is 16.5. The molecule has 0 radical (unpaired) electrons. The van der Waals surface area contributed by atoms with Crippen molar-refractivity contribution in [3.05, 3.63) is 12.2 Å². The lowest BCUT2D eigenvalue weighted by Gasteiger charge is -2.64. The fraction of sp³-hybridized carbons (Fsp3) is 0.846. The maximum absolute atomic E-state index is 12.9. The van der Waals surface area contributed by atoms with E-state index in [1.807, 2.05) is 0 Å². The maximum atomic E-state index is 12.9. The van der Waals surface area contributed by atoms with Crippen LogP contribution in [0.1, 0.15) is 85.5 Å². The predicted molar refractivity (Wildman–Crippen MR) is 117 cm³/mol. The highest BCUT2D eigenvalue weighted by Crippen LogP contribution is 2.72. The van der Waals surface area contributed by atoms with E-state index in [2.05, 4.69) is 34.3 Å². The second kappa shape index (κ2) is 7.38. The maximum Gasteiger partial charge on any atom is 0.311 e. The number of esters is 2. The van der Waals surface area contributed by atoms with Crippen molar-refractivity contribution in [2.75, 3.05) is 7.11 Å². The van der Waals surface area contributed by atoms with Crippen LogP contribution in [0.2, 0.25) is 0 Å². The molecule has 0 heterocycles. The van der Waals surface area contributed by atoms with Crippen molar-refractivity contribution in [3.8, 4) is 0 Å². The molecule has 4 aliphatic rings. The summed E-state index contributed by atoms with van der Waals surface area (Å²) in [4.78, 5) is 25.5. The molecule has 0 aromatic rings. The van der Waals surface area contributed by atoms with Gasteiger partial charge in [0.2, 0.25) is 0 Å². The third-order valence-electron chi connectivity index (χ3n) is 9.65. The summed E-state index contributed by atoms with van der Waals surface area (Å²) in [7, 11) is 1.53. The molecule has 1 spiro atoms. The van der Waals surface area contributed by atoms with Crippen LogP contribution in [0.5, 0.6) is 0 Å². The molecular weight excluding hydrogens is 376 g/mol. The van der Waals surface area contributed by atoms with Gasteiger partial charge in [-0.2, -0.15) is 0 Å². The first-order valence-electron chi connectivity index (χ1n) is 12.0. The van der Waals surface area contributed by atoms with E-state index in [4.69, 9.17) is 9.47 Å². The van der Waals surface area contributed by atoms with E-state index in [0.29, 0.717) is 30.1 Å². The number of fused-ring (bicyclic) bond motifs is 3. The van der Waals surface area contributed by atoms with Crippen molar-refractivity contribution in [1.82, 2.24) is 0 Å². The molecule has 4 heteroatoms. The van der Waals surface area contributed by atoms with Crippen LogP contribution < -0.4 is 0 Å². The summed E-state index contributed by atoms with van der Waals surface area (Å²) in [5, 5.41) is 0. The Bertz CT molecular complexity index is 741. The highest BCUT2D eigenvalue weighted by Gasteiger charge is 2.68. The minimum absolute atomic E-state index is 0.00621. The lowest BCUT2D eigenvalue weighted by molar-refractivity contribution is -0.198. The number of ether oxygens (including phenoxy) is 2. The van der Waals surface area contributed by atoms with Gasteiger partial charge < -0.3 is 9.47 Å². The quantitative estimate of drug-likeness (QED) is 0.436. The summed E-state index contributed by atoms with van der Waals surface area (Å²) >= 11 is 0. The van der Waals surface area contributed by atoms with E-state index < -0.39 is 5.41 Å². The molecule has 0 aromatic heterocycles. The van der Waals surface area contributed by atoms with Crippen molar-refractivity contribution in [2.45, 2.75) is 91.6 Å². The molecule has 7 atom stereocenters. The van der Waals surface area contributed by atoms with Crippen LogP contribution in [-0.4, -0.2) is 25.2 Å². The number of carbonyl (C=O) groups is 2. The molecule has 0 aromatic carbocycles. The zero-order valence-electron chi connectivity index (χ0n) is 19.6. The van der Waals surface area contributed by atoms with Gasteiger partial charge in [0.05, 0.1) is 12.5 Å². The normalized spacial score (nSPS) is 44.9. The molecule has 0 N–H and O–H groups in total. The highest BCUT2D eigenvalue weighted by molar-refractivity contribution is 5.77. The molecular formula is C26H40O4. The van der Waals surface area contributed by atoms with Gasteiger partial charge in [0, 0.05) is 11.8 Å². The van der Waals surface area contributed by atoms with Gasteiger partial charge >= 0.3 is 11.9 Å². The topological polar surface area (TPSA) is 52.6 Å². The molecule has 0 saturated heterocycles. The van der Waals surface area contributed by atoms with Gasteiger partial charge in [-0.3, -0.25) is 9.59 Å².